The third kappa shape index (κ3) is 5.81. The van der Waals surface area contributed by atoms with Gasteiger partial charge in [0.1, 0.15) is 0 Å². The van der Waals surface area contributed by atoms with Gasteiger partial charge in [-0.05, 0) is 68.2 Å². The summed E-state index contributed by atoms with van der Waals surface area (Å²) in [4.78, 5) is 27.7. The molecule has 1 heterocycles. The molecule has 0 saturated heterocycles. The summed E-state index contributed by atoms with van der Waals surface area (Å²) < 4.78 is 0. The van der Waals surface area contributed by atoms with Gasteiger partial charge in [-0.1, -0.05) is 60.5 Å². The van der Waals surface area contributed by atoms with E-state index in [1.165, 1.54) is 5.56 Å². The molecule has 0 unspecified atom stereocenters. The van der Waals surface area contributed by atoms with Crippen LogP contribution in [0.3, 0.4) is 0 Å². The van der Waals surface area contributed by atoms with Crippen molar-refractivity contribution < 1.29 is 9.59 Å². The lowest BCUT2D eigenvalue weighted by atomic mass is 10.1. The Morgan fingerprint density at radius 2 is 1.67 bits per heavy atom. The van der Waals surface area contributed by atoms with Crippen molar-refractivity contribution in [1.82, 2.24) is 5.32 Å². The quantitative estimate of drug-likeness (QED) is 0.386. The second-order valence-electron chi connectivity index (χ2n) is 8.16. The molecule has 5 nitrogen and oxygen atoms in total. The van der Waals surface area contributed by atoms with Gasteiger partial charge in [0.2, 0.25) is 5.91 Å². The van der Waals surface area contributed by atoms with Crippen LogP contribution in [0.2, 0.25) is 5.02 Å². The Kier molecular flexibility index (Phi) is 7.76. The molecule has 0 fully saturated rings. The first-order valence-corrected chi connectivity index (χ1v) is 11.8. The van der Waals surface area contributed by atoms with E-state index in [2.05, 4.69) is 34.9 Å². The first-order valence-electron chi connectivity index (χ1n) is 11.4. The number of anilines is 3. The summed E-state index contributed by atoms with van der Waals surface area (Å²) >= 11 is 6.14. The van der Waals surface area contributed by atoms with Gasteiger partial charge in [-0.25, -0.2) is 0 Å². The maximum atomic E-state index is 13.3. The van der Waals surface area contributed by atoms with Crippen LogP contribution in [0, 0.1) is 0 Å². The van der Waals surface area contributed by atoms with Gasteiger partial charge < -0.3 is 10.6 Å². The molecule has 3 aromatic rings. The molecule has 1 aliphatic rings. The van der Waals surface area contributed by atoms with E-state index < -0.39 is 0 Å². The number of nitrogens with one attached hydrogen (secondary N) is 2. The van der Waals surface area contributed by atoms with Crippen LogP contribution in [0.15, 0.2) is 72.8 Å². The van der Waals surface area contributed by atoms with Crippen molar-refractivity contribution in [2.45, 2.75) is 32.1 Å². The smallest absolute Gasteiger partial charge is 0.257 e. The Balaban J connectivity index is 1.32. The molecule has 33 heavy (non-hydrogen) atoms. The fourth-order valence-electron chi connectivity index (χ4n) is 4.07. The second kappa shape index (κ2) is 11.1. The number of nitrogens with zero attached hydrogens (tertiary/aromatic N) is 1. The average Bonchev–Trinajstić information content (AvgIpc) is 2.95. The van der Waals surface area contributed by atoms with Gasteiger partial charge in [-0.15, -0.1) is 0 Å². The van der Waals surface area contributed by atoms with E-state index in [-0.39, 0.29) is 11.8 Å². The van der Waals surface area contributed by atoms with Crippen LogP contribution in [0.4, 0.5) is 17.1 Å². The molecule has 2 amide bonds. The van der Waals surface area contributed by atoms with Crippen LogP contribution < -0.4 is 15.5 Å². The molecule has 170 valence electrons. The Morgan fingerprint density at radius 1 is 0.879 bits per heavy atom. The zero-order chi connectivity index (χ0) is 23.0. The Labute approximate surface area is 199 Å². The summed E-state index contributed by atoms with van der Waals surface area (Å²) in [6, 6.07) is 22.8. The molecule has 0 radical (unpaired) electrons. The molecule has 0 aliphatic carbocycles. The van der Waals surface area contributed by atoms with Gasteiger partial charge in [0.15, 0.2) is 0 Å². The summed E-state index contributed by atoms with van der Waals surface area (Å²) in [6.45, 7) is 1.89. The first kappa shape index (κ1) is 23.0. The van der Waals surface area contributed by atoms with E-state index in [0.717, 1.165) is 38.8 Å². The number of halogens is 1. The lowest BCUT2D eigenvalue weighted by Crippen LogP contribution is -2.26. The molecule has 3 aromatic carbocycles. The van der Waals surface area contributed by atoms with Gasteiger partial charge in [0.25, 0.3) is 5.91 Å². The summed E-state index contributed by atoms with van der Waals surface area (Å²) in [5, 5.41) is 6.87. The van der Waals surface area contributed by atoms with Crippen molar-refractivity contribution in [2.24, 2.45) is 0 Å². The van der Waals surface area contributed by atoms with Crippen molar-refractivity contribution in [3.05, 3.63) is 88.9 Å². The number of hydrogen-bond donors (Lipinski definition) is 2. The van der Waals surface area contributed by atoms with Gasteiger partial charge in [-0.2, -0.15) is 0 Å². The van der Waals surface area contributed by atoms with Gasteiger partial charge in [-0.3, -0.25) is 14.5 Å². The number of benzene rings is 3. The SMILES string of the molecule is O=C1Nc2cc(Cl)ccc2N(C(=O)CCCCCNCCc2ccccc2)c2ccccc21. The molecule has 2 N–H and O–H groups in total. The molecule has 1 aliphatic heterocycles. The van der Waals surface area contributed by atoms with Crippen LogP contribution in [0.5, 0.6) is 0 Å². The predicted octanol–water partition coefficient (Wildman–Crippen LogP) is 5.96. The highest BCUT2D eigenvalue weighted by molar-refractivity contribution is 6.31. The molecule has 0 aromatic heterocycles. The number of amides is 2. The highest BCUT2D eigenvalue weighted by atomic mass is 35.5. The minimum absolute atomic E-state index is 0.0282. The van der Waals surface area contributed by atoms with E-state index in [1.54, 1.807) is 35.2 Å². The topological polar surface area (TPSA) is 61.4 Å². The fraction of sp³-hybridized carbons (Fsp3) is 0.259. The fourth-order valence-corrected chi connectivity index (χ4v) is 4.24. The summed E-state index contributed by atoms with van der Waals surface area (Å²) in [7, 11) is 0. The van der Waals surface area contributed by atoms with E-state index in [4.69, 9.17) is 11.6 Å². The summed E-state index contributed by atoms with van der Waals surface area (Å²) in [5.41, 5.74) is 3.59. The number of para-hydroxylation sites is 1. The Morgan fingerprint density at radius 3 is 2.52 bits per heavy atom. The van der Waals surface area contributed by atoms with Crippen molar-refractivity contribution in [3.8, 4) is 0 Å². The maximum absolute atomic E-state index is 13.3. The molecular weight excluding hydrogens is 434 g/mol. The maximum Gasteiger partial charge on any atom is 0.257 e. The molecule has 4 rings (SSSR count). The van der Waals surface area contributed by atoms with E-state index in [0.29, 0.717) is 34.1 Å². The number of unbranched alkanes of at least 4 members (excludes halogenated alkanes) is 2. The molecule has 0 bridgehead atoms. The lowest BCUT2D eigenvalue weighted by Gasteiger charge is -2.24. The minimum atomic E-state index is -0.244. The van der Waals surface area contributed by atoms with Crippen LogP contribution in [-0.2, 0) is 11.2 Å². The van der Waals surface area contributed by atoms with Crippen LogP contribution in [0.1, 0.15) is 41.6 Å². The third-order valence-corrected chi connectivity index (χ3v) is 6.00. The van der Waals surface area contributed by atoms with Crippen LogP contribution in [0.25, 0.3) is 0 Å². The van der Waals surface area contributed by atoms with E-state index >= 15 is 0 Å². The normalized spacial score (nSPS) is 12.5. The summed E-state index contributed by atoms with van der Waals surface area (Å²) in [5.74, 6) is -0.273. The molecule has 6 heteroatoms. The number of fused-ring (bicyclic) bond motifs is 2. The van der Waals surface area contributed by atoms with Crippen molar-refractivity contribution >= 4 is 40.5 Å². The summed E-state index contributed by atoms with van der Waals surface area (Å²) in [6.07, 6.45) is 4.20. The average molecular weight is 462 g/mol. The molecular formula is C27H28ClN3O2. The van der Waals surface area contributed by atoms with Gasteiger partial charge in [0, 0.05) is 11.4 Å². The number of carbonyl (C=O) groups is 2. The van der Waals surface area contributed by atoms with Crippen LogP contribution >= 0.6 is 11.6 Å². The first-order chi connectivity index (χ1) is 16.1. The Hall–Kier alpha value is -3.15. The molecule has 0 spiro atoms. The third-order valence-electron chi connectivity index (χ3n) is 5.76. The molecule has 0 saturated carbocycles. The van der Waals surface area contributed by atoms with Gasteiger partial charge in [0.05, 0.1) is 22.6 Å². The second-order valence-corrected chi connectivity index (χ2v) is 8.59. The number of hydrogen-bond acceptors (Lipinski definition) is 3. The zero-order valence-electron chi connectivity index (χ0n) is 18.5. The monoisotopic (exact) mass is 461 g/mol. The highest BCUT2D eigenvalue weighted by Gasteiger charge is 2.28. The molecule has 0 atom stereocenters. The predicted molar refractivity (Wildman–Crippen MR) is 134 cm³/mol. The number of rotatable bonds is 9. The van der Waals surface area contributed by atoms with Crippen molar-refractivity contribution in [3.63, 3.8) is 0 Å². The lowest BCUT2D eigenvalue weighted by molar-refractivity contribution is -0.118. The zero-order valence-corrected chi connectivity index (χ0v) is 19.3. The highest BCUT2D eigenvalue weighted by Crippen LogP contribution is 2.39. The van der Waals surface area contributed by atoms with Crippen molar-refractivity contribution in [1.29, 1.82) is 0 Å². The van der Waals surface area contributed by atoms with E-state index in [1.807, 2.05) is 18.2 Å². The standard InChI is InChI=1S/C27H28ClN3O2/c28-21-14-15-25-23(19-21)30-27(33)22-11-6-7-12-24(22)31(25)26(32)13-5-2-8-17-29-18-16-20-9-3-1-4-10-20/h1,3-4,6-7,9-12,14-15,19,29H,2,5,8,13,16-18H2,(H,30,33). The Bertz CT molecular complexity index is 1120. The van der Waals surface area contributed by atoms with Gasteiger partial charge >= 0.3 is 0 Å². The largest absolute Gasteiger partial charge is 0.320 e. The van der Waals surface area contributed by atoms with Crippen LogP contribution in [-0.4, -0.2) is 24.9 Å². The number of carbonyl (C=O) groups excluding carboxylic acids is 2. The minimum Gasteiger partial charge on any atom is -0.320 e. The van der Waals surface area contributed by atoms with Crippen molar-refractivity contribution in [2.75, 3.05) is 23.3 Å². The van der Waals surface area contributed by atoms with E-state index in [9.17, 15) is 9.59 Å².